The van der Waals surface area contributed by atoms with E-state index in [4.69, 9.17) is 4.42 Å². The molecule has 0 unspecified atom stereocenters. The normalized spacial score (nSPS) is 20.4. The van der Waals surface area contributed by atoms with Gasteiger partial charge in [0.25, 0.3) is 0 Å². The third kappa shape index (κ3) is 2.31. The van der Waals surface area contributed by atoms with E-state index >= 15 is 0 Å². The molecule has 2 aromatic heterocycles. The second-order valence-corrected chi connectivity index (χ2v) is 5.02. The molecule has 0 N–H and O–H groups in total. The zero-order chi connectivity index (χ0) is 12.4. The van der Waals surface area contributed by atoms with Gasteiger partial charge in [-0.25, -0.2) is 0 Å². The average molecular weight is 242 g/mol. The zero-order valence-electron chi connectivity index (χ0n) is 10.7. The number of furan rings is 1. The van der Waals surface area contributed by atoms with Gasteiger partial charge in [0.1, 0.15) is 5.76 Å². The molecule has 1 aliphatic heterocycles. The van der Waals surface area contributed by atoms with Crippen molar-refractivity contribution in [2.75, 3.05) is 13.6 Å². The summed E-state index contributed by atoms with van der Waals surface area (Å²) < 4.78 is 5.39. The van der Waals surface area contributed by atoms with E-state index in [-0.39, 0.29) is 0 Å². The summed E-state index contributed by atoms with van der Waals surface area (Å²) in [6.45, 7) is 1.19. The number of hydrogen-bond acceptors (Lipinski definition) is 3. The molecule has 3 heteroatoms. The number of hydrogen-bond donors (Lipinski definition) is 0. The maximum absolute atomic E-state index is 5.39. The molecule has 1 fully saturated rings. The maximum Gasteiger partial charge on any atom is 0.108 e. The highest BCUT2D eigenvalue weighted by atomic mass is 16.3. The number of pyridine rings is 1. The Kier molecular flexibility index (Phi) is 3.15. The molecule has 0 spiro atoms. The molecule has 0 saturated carbocycles. The van der Waals surface area contributed by atoms with E-state index in [0.29, 0.717) is 6.04 Å². The third-order valence-electron chi connectivity index (χ3n) is 3.68. The van der Waals surface area contributed by atoms with Crippen LogP contribution >= 0.6 is 0 Å². The molecule has 0 amide bonds. The van der Waals surface area contributed by atoms with Crippen molar-refractivity contribution in [1.82, 2.24) is 9.88 Å². The standard InChI is InChI=1S/C15H18N2O/c1-17-6-2-5-15(17)13-8-12(10-16-11-13)9-14-4-3-7-18-14/h3-4,7-8,10-11,15H,2,5-6,9H2,1H3/t15-/m0/s1. The van der Waals surface area contributed by atoms with Gasteiger partial charge in [0.15, 0.2) is 0 Å². The fraction of sp³-hybridized carbons (Fsp3) is 0.400. The van der Waals surface area contributed by atoms with E-state index in [1.807, 2.05) is 24.5 Å². The Morgan fingerprint density at radius 1 is 1.44 bits per heavy atom. The van der Waals surface area contributed by atoms with Crippen LogP contribution in [0.2, 0.25) is 0 Å². The first-order valence-electron chi connectivity index (χ1n) is 6.49. The minimum atomic E-state index is 0.536. The van der Waals surface area contributed by atoms with E-state index in [2.05, 4.69) is 23.0 Å². The molecule has 0 aromatic carbocycles. The maximum atomic E-state index is 5.39. The molecule has 0 aliphatic carbocycles. The van der Waals surface area contributed by atoms with Crippen molar-refractivity contribution in [3.8, 4) is 0 Å². The second-order valence-electron chi connectivity index (χ2n) is 5.02. The molecular weight excluding hydrogens is 224 g/mol. The van der Waals surface area contributed by atoms with Crippen molar-refractivity contribution in [2.24, 2.45) is 0 Å². The molecule has 3 heterocycles. The van der Waals surface area contributed by atoms with Gasteiger partial charge in [-0.1, -0.05) is 6.07 Å². The van der Waals surface area contributed by atoms with Gasteiger partial charge in [-0.05, 0) is 49.7 Å². The average Bonchev–Trinajstić information content (AvgIpc) is 3.01. The van der Waals surface area contributed by atoms with Gasteiger partial charge in [0.05, 0.1) is 6.26 Å². The quantitative estimate of drug-likeness (QED) is 0.828. The lowest BCUT2D eigenvalue weighted by Crippen LogP contribution is -2.17. The van der Waals surface area contributed by atoms with Gasteiger partial charge < -0.3 is 4.42 Å². The van der Waals surface area contributed by atoms with Gasteiger partial charge in [-0.15, -0.1) is 0 Å². The molecule has 2 aromatic rings. The van der Waals surface area contributed by atoms with Gasteiger partial charge >= 0.3 is 0 Å². The molecule has 1 aliphatic rings. The molecule has 18 heavy (non-hydrogen) atoms. The topological polar surface area (TPSA) is 29.3 Å². The summed E-state index contributed by atoms with van der Waals surface area (Å²) in [6, 6.07) is 6.74. The van der Waals surface area contributed by atoms with Crippen LogP contribution in [0, 0.1) is 0 Å². The summed E-state index contributed by atoms with van der Waals surface area (Å²) >= 11 is 0. The third-order valence-corrected chi connectivity index (χ3v) is 3.68. The summed E-state index contributed by atoms with van der Waals surface area (Å²) in [4.78, 5) is 6.79. The molecule has 1 saturated heterocycles. The van der Waals surface area contributed by atoms with E-state index in [1.54, 1.807) is 6.26 Å². The van der Waals surface area contributed by atoms with Crippen molar-refractivity contribution in [3.05, 3.63) is 53.7 Å². The van der Waals surface area contributed by atoms with Crippen LogP contribution in [0.4, 0.5) is 0 Å². The van der Waals surface area contributed by atoms with Crippen LogP contribution in [0.25, 0.3) is 0 Å². The molecule has 94 valence electrons. The zero-order valence-corrected chi connectivity index (χ0v) is 10.7. The number of aromatic nitrogens is 1. The van der Waals surface area contributed by atoms with Crippen molar-refractivity contribution >= 4 is 0 Å². The van der Waals surface area contributed by atoms with Gasteiger partial charge in [-0.2, -0.15) is 0 Å². The van der Waals surface area contributed by atoms with Crippen molar-refractivity contribution in [2.45, 2.75) is 25.3 Å². The highest BCUT2D eigenvalue weighted by Crippen LogP contribution is 2.30. The van der Waals surface area contributed by atoms with Crippen LogP contribution in [0.15, 0.2) is 41.3 Å². The lowest BCUT2D eigenvalue weighted by atomic mass is 10.0. The van der Waals surface area contributed by atoms with Crippen LogP contribution in [0.3, 0.4) is 0 Å². The number of likely N-dealkylation sites (tertiary alicyclic amines) is 1. The fourth-order valence-corrected chi connectivity index (χ4v) is 2.73. The molecule has 1 atom stereocenters. The van der Waals surface area contributed by atoms with Crippen LogP contribution in [-0.2, 0) is 6.42 Å². The number of rotatable bonds is 3. The minimum Gasteiger partial charge on any atom is -0.469 e. The van der Waals surface area contributed by atoms with Gasteiger partial charge in [-0.3, -0.25) is 9.88 Å². The van der Waals surface area contributed by atoms with E-state index < -0.39 is 0 Å². The van der Waals surface area contributed by atoms with Crippen molar-refractivity contribution < 1.29 is 4.42 Å². The van der Waals surface area contributed by atoms with E-state index in [0.717, 1.165) is 12.2 Å². The largest absolute Gasteiger partial charge is 0.469 e. The van der Waals surface area contributed by atoms with Crippen LogP contribution in [0.1, 0.15) is 35.8 Å². The van der Waals surface area contributed by atoms with Crippen LogP contribution in [-0.4, -0.2) is 23.5 Å². The van der Waals surface area contributed by atoms with E-state index in [1.165, 1.54) is 30.5 Å². The van der Waals surface area contributed by atoms with Crippen LogP contribution in [0.5, 0.6) is 0 Å². The Balaban J connectivity index is 1.80. The first-order valence-corrected chi connectivity index (χ1v) is 6.49. The fourth-order valence-electron chi connectivity index (χ4n) is 2.73. The number of nitrogens with zero attached hydrogens (tertiary/aromatic N) is 2. The highest BCUT2D eigenvalue weighted by Gasteiger charge is 2.22. The minimum absolute atomic E-state index is 0.536. The summed E-state index contributed by atoms with van der Waals surface area (Å²) in [5.74, 6) is 0.994. The Morgan fingerprint density at radius 2 is 2.39 bits per heavy atom. The molecule has 3 nitrogen and oxygen atoms in total. The first kappa shape index (κ1) is 11.5. The van der Waals surface area contributed by atoms with Gasteiger partial charge in [0.2, 0.25) is 0 Å². The Morgan fingerprint density at radius 3 is 3.11 bits per heavy atom. The predicted octanol–water partition coefficient (Wildman–Crippen LogP) is 3.03. The van der Waals surface area contributed by atoms with Crippen molar-refractivity contribution in [1.29, 1.82) is 0 Å². The molecule has 3 rings (SSSR count). The summed E-state index contributed by atoms with van der Waals surface area (Å²) in [5.41, 5.74) is 2.56. The Labute approximate surface area is 107 Å². The SMILES string of the molecule is CN1CCC[C@H]1c1cncc(Cc2ccco2)c1. The first-order chi connectivity index (χ1) is 8.83. The predicted molar refractivity (Wildman–Crippen MR) is 70.4 cm³/mol. The Bertz CT molecular complexity index is 507. The molecule has 0 bridgehead atoms. The summed E-state index contributed by atoms with van der Waals surface area (Å²) in [6.07, 6.45) is 8.99. The van der Waals surface area contributed by atoms with E-state index in [9.17, 15) is 0 Å². The molecular formula is C15H18N2O. The summed E-state index contributed by atoms with van der Waals surface area (Å²) in [5, 5.41) is 0. The van der Waals surface area contributed by atoms with Crippen LogP contribution < -0.4 is 0 Å². The second kappa shape index (κ2) is 4.94. The lowest BCUT2D eigenvalue weighted by molar-refractivity contribution is 0.317. The van der Waals surface area contributed by atoms with Gasteiger partial charge in [0, 0.05) is 24.9 Å². The molecule has 0 radical (unpaired) electrons. The smallest absolute Gasteiger partial charge is 0.108 e. The lowest BCUT2D eigenvalue weighted by Gasteiger charge is -2.19. The highest BCUT2D eigenvalue weighted by molar-refractivity contribution is 5.25. The summed E-state index contributed by atoms with van der Waals surface area (Å²) in [7, 11) is 2.19. The monoisotopic (exact) mass is 242 g/mol. The van der Waals surface area contributed by atoms with Crippen molar-refractivity contribution in [3.63, 3.8) is 0 Å². The Hall–Kier alpha value is -1.61.